The summed E-state index contributed by atoms with van der Waals surface area (Å²) >= 11 is 11.9. The molecule has 0 aliphatic carbocycles. The molecule has 0 amide bonds. The number of nitrogens with zero attached hydrogens (tertiary/aromatic N) is 1. The predicted molar refractivity (Wildman–Crippen MR) is 129 cm³/mol. The molecule has 6 nitrogen and oxygen atoms in total. The lowest BCUT2D eigenvalue weighted by molar-refractivity contribution is 0.181. The van der Waals surface area contributed by atoms with Gasteiger partial charge in [0.2, 0.25) is 0 Å². The van der Waals surface area contributed by atoms with E-state index < -0.39 is 15.9 Å². The molecule has 29 heavy (non-hydrogen) atoms. The van der Waals surface area contributed by atoms with Crippen LogP contribution in [-0.4, -0.2) is 38.8 Å². The fraction of sp³-hybridized carbons (Fsp3) is 0.316. The first-order chi connectivity index (χ1) is 13.2. The van der Waals surface area contributed by atoms with E-state index in [0.717, 1.165) is 5.56 Å². The maximum Gasteiger partial charge on any atom is 0.191 e. The molecule has 0 spiro atoms. The van der Waals surface area contributed by atoms with Crippen LogP contribution in [0.15, 0.2) is 52.4 Å². The molecule has 160 valence electrons. The van der Waals surface area contributed by atoms with Gasteiger partial charge in [-0.3, -0.25) is 0 Å². The van der Waals surface area contributed by atoms with E-state index in [1.807, 2.05) is 6.92 Å². The minimum atomic E-state index is -3.22. The molecule has 0 heterocycles. The highest BCUT2D eigenvalue weighted by molar-refractivity contribution is 14.0. The molecule has 0 saturated carbocycles. The van der Waals surface area contributed by atoms with Crippen LogP contribution in [0.1, 0.15) is 24.2 Å². The average molecular weight is 572 g/mol. The molecule has 0 bridgehead atoms. The highest BCUT2D eigenvalue weighted by Gasteiger charge is 2.11. The standard InChI is InChI=1S/C19H23Cl2N3O3S.HI/c1-3-22-19(23-11-13-4-6-17(7-5-13)28(2,26)27)24-12-18(25)14-8-15(20)10-16(21)9-14;/h4-10,18,25H,3,11-12H2,1-2H3,(H2,22,23,24);1H. The Morgan fingerprint density at radius 2 is 1.69 bits per heavy atom. The number of nitrogens with one attached hydrogen (secondary N) is 2. The van der Waals surface area contributed by atoms with Crippen molar-refractivity contribution in [1.82, 2.24) is 10.6 Å². The van der Waals surface area contributed by atoms with E-state index in [1.165, 1.54) is 6.26 Å². The minimum absolute atomic E-state index is 0. The molecule has 0 aliphatic rings. The lowest BCUT2D eigenvalue weighted by atomic mass is 10.1. The molecule has 0 aromatic heterocycles. The molecule has 0 fully saturated rings. The number of aliphatic hydroxyl groups is 1. The minimum Gasteiger partial charge on any atom is -0.387 e. The predicted octanol–water partition coefficient (Wildman–Crippen LogP) is 3.80. The molecule has 3 N–H and O–H groups in total. The van der Waals surface area contributed by atoms with E-state index in [4.69, 9.17) is 23.2 Å². The second-order valence-corrected chi connectivity index (χ2v) is 9.10. The second kappa shape index (κ2) is 11.9. The van der Waals surface area contributed by atoms with Gasteiger partial charge in [0.1, 0.15) is 0 Å². The van der Waals surface area contributed by atoms with Crippen LogP contribution in [0.5, 0.6) is 0 Å². The van der Waals surface area contributed by atoms with Gasteiger partial charge in [-0.15, -0.1) is 24.0 Å². The van der Waals surface area contributed by atoms with Crippen molar-refractivity contribution in [2.75, 3.05) is 19.3 Å². The Hall–Kier alpha value is -1.07. The van der Waals surface area contributed by atoms with Gasteiger partial charge in [0.15, 0.2) is 15.8 Å². The van der Waals surface area contributed by atoms with Crippen molar-refractivity contribution < 1.29 is 13.5 Å². The Bertz CT molecular complexity index is 918. The van der Waals surface area contributed by atoms with Crippen molar-refractivity contribution in [1.29, 1.82) is 0 Å². The Balaban J connectivity index is 0.00000420. The van der Waals surface area contributed by atoms with Crippen molar-refractivity contribution in [2.24, 2.45) is 4.99 Å². The molecule has 0 radical (unpaired) electrons. The Morgan fingerprint density at radius 3 is 2.21 bits per heavy atom. The number of benzene rings is 2. The third kappa shape index (κ3) is 8.67. The van der Waals surface area contributed by atoms with E-state index in [-0.39, 0.29) is 35.4 Å². The summed E-state index contributed by atoms with van der Waals surface area (Å²) < 4.78 is 23.0. The van der Waals surface area contributed by atoms with Gasteiger partial charge < -0.3 is 15.7 Å². The largest absolute Gasteiger partial charge is 0.387 e. The van der Waals surface area contributed by atoms with Gasteiger partial charge in [0.05, 0.1) is 17.5 Å². The van der Waals surface area contributed by atoms with E-state index in [1.54, 1.807) is 42.5 Å². The summed E-state index contributed by atoms with van der Waals surface area (Å²) in [5.41, 5.74) is 1.48. The van der Waals surface area contributed by atoms with Crippen LogP contribution in [-0.2, 0) is 16.4 Å². The summed E-state index contributed by atoms with van der Waals surface area (Å²) in [5.74, 6) is 0.530. The number of sulfone groups is 1. The highest BCUT2D eigenvalue weighted by Crippen LogP contribution is 2.23. The van der Waals surface area contributed by atoms with Crippen molar-refractivity contribution in [3.63, 3.8) is 0 Å². The third-order valence-corrected chi connectivity index (χ3v) is 5.41. The number of hydrogen-bond acceptors (Lipinski definition) is 4. The average Bonchev–Trinajstić information content (AvgIpc) is 2.62. The van der Waals surface area contributed by atoms with Gasteiger partial charge in [-0.05, 0) is 48.4 Å². The molecule has 2 aromatic rings. The smallest absolute Gasteiger partial charge is 0.191 e. The van der Waals surface area contributed by atoms with E-state index >= 15 is 0 Å². The summed E-state index contributed by atoms with van der Waals surface area (Å²) in [7, 11) is -3.22. The van der Waals surface area contributed by atoms with Crippen LogP contribution in [0.25, 0.3) is 0 Å². The highest BCUT2D eigenvalue weighted by atomic mass is 127. The zero-order chi connectivity index (χ0) is 20.7. The molecule has 1 atom stereocenters. The normalized spacial score (nSPS) is 12.8. The Labute approximate surface area is 198 Å². The molecular weight excluding hydrogens is 548 g/mol. The monoisotopic (exact) mass is 571 g/mol. The lowest BCUT2D eigenvalue weighted by Crippen LogP contribution is -2.39. The molecule has 2 aromatic carbocycles. The van der Waals surface area contributed by atoms with E-state index in [0.29, 0.717) is 34.7 Å². The summed E-state index contributed by atoms with van der Waals surface area (Å²) in [6, 6.07) is 11.5. The van der Waals surface area contributed by atoms with Gasteiger partial charge in [-0.1, -0.05) is 35.3 Å². The molecule has 0 saturated heterocycles. The topological polar surface area (TPSA) is 90.8 Å². The van der Waals surface area contributed by atoms with Crippen LogP contribution >= 0.6 is 47.2 Å². The first kappa shape index (κ1) is 26.0. The third-order valence-electron chi connectivity index (χ3n) is 3.85. The SMILES string of the molecule is CCNC(=NCc1ccc(S(C)(=O)=O)cc1)NCC(O)c1cc(Cl)cc(Cl)c1.I. The number of halogens is 3. The van der Waals surface area contributed by atoms with Gasteiger partial charge in [0, 0.05) is 29.4 Å². The van der Waals surface area contributed by atoms with Crippen molar-refractivity contribution in [3.05, 3.63) is 63.6 Å². The maximum absolute atomic E-state index is 11.5. The molecular formula is C19H24Cl2IN3O3S. The fourth-order valence-electron chi connectivity index (χ4n) is 2.43. The number of guanidine groups is 1. The number of aliphatic imine (C=N–C) groups is 1. The zero-order valence-corrected chi connectivity index (χ0v) is 20.7. The van der Waals surface area contributed by atoms with Crippen molar-refractivity contribution in [2.45, 2.75) is 24.5 Å². The van der Waals surface area contributed by atoms with Crippen molar-refractivity contribution in [3.8, 4) is 0 Å². The number of hydrogen-bond donors (Lipinski definition) is 3. The Kier molecular flexibility index (Phi) is 10.7. The molecule has 10 heteroatoms. The number of aliphatic hydroxyl groups excluding tert-OH is 1. The fourth-order valence-corrected chi connectivity index (χ4v) is 3.61. The Morgan fingerprint density at radius 1 is 1.10 bits per heavy atom. The molecule has 1 unspecified atom stereocenters. The zero-order valence-electron chi connectivity index (χ0n) is 16.0. The van der Waals surface area contributed by atoms with Crippen LogP contribution in [0.3, 0.4) is 0 Å². The van der Waals surface area contributed by atoms with Crippen LogP contribution in [0, 0.1) is 0 Å². The maximum atomic E-state index is 11.5. The van der Waals surface area contributed by atoms with Gasteiger partial charge in [-0.25, -0.2) is 13.4 Å². The van der Waals surface area contributed by atoms with Crippen molar-refractivity contribution >= 4 is 63.0 Å². The summed E-state index contributed by atoms with van der Waals surface area (Å²) in [6.07, 6.45) is 0.361. The quantitative estimate of drug-likeness (QED) is 0.267. The van der Waals surface area contributed by atoms with Crippen LogP contribution in [0.2, 0.25) is 10.0 Å². The molecule has 2 rings (SSSR count). The van der Waals surface area contributed by atoms with Gasteiger partial charge >= 0.3 is 0 Å². The van der Waals surface area contributed by atoms with Gasteiger partial charge in [-0.2, -0.15) is 0 Å². The summed E-state index contributed by atoms with van der Waals surface area (Å²) in [6.45, 7) is 3.16. The van der Waals surface area contributed by atoms with Crippen LogP contribution in [0.4, 0.5) is 0 Å². The summed E-state index contributed by atoms with van der Waals surface area (Å²) in [4.78, 5) is 4.73. The van der Waals surface area contributed by atoms with Gasteiger partial charge in [0.25, 0.3) is 0 Å². The first-order valence-corrected chi connectivity index (χ1v) is 11.3. The van der Waals surface area contributed by atoms with Crippen LogP contribution < -0.4 is 10.6 Å². The number of rotatable bonds is 7. The summed E-state index contributed by atoms with van der Waals surface area (Å²) in [5, 5.41) is 17.4. The van der Waals surface area contributed by atoms with E-state index in [2.05, 4.69) is 15.6 Å². The molecule has 0 aliphatic heterocycles. The van der Waals surface area contributed by atoms with E-state index in [9.17, 15) is 13.5 Å². The lowest BCUT2D eigenvalue weighted by Gasteiger charge is -2.16. The first-order valence-electron chi connectivity index (χ1n) is 8.64. The second-order valence-electron chi connectivity index (χ2n) is 6.21.